The van der Waals surface area contributed by atoms with Crippen LogP contribution in [0.2, 0.25) is 0 Å². The molecule has 4 aromatic rings. The summed E-state index contributed by atoms with van der Waals surface area (Å²) in [5.41, 5.74) is 0.505. The average Bonchev–Trinajstić information content (AvgIpc) is 3.39. The highest BCUT2D eigenvalue weighted by atomic mass is 32.2. The Morgan fingerprint density at radius 1 is 1.12 bits per heavy atom. The van der Waals surface area contributed by atoms with Crippen molar-refractivity contribution in [3.05, 3.63) is 78.4 Å². The predicted molar refractivity (Wildman–Crippen MR) is 126 cm³/mol. The SMILES string of the molecule is CN(Cc1cc(-c2ccccc2F)n(S(=O)(=O)c2ccc3ccoc3c2)c1)C(=O)OC(C)(C)C. The van der Waals surface area contributed by atoms with E-state index in [4.69, 9.17) is 9.15 Å². The molecule has 34 heavy (non-hydrogen) atoms. The number of furan rings is 1. The summed E-state index contributed by atoms with van der Waals surface area (Å²) in [7, 11) is -2.56. The van der Waals surface area contributed by atoms with Crippen molar-refractivity contribution >= 4 is 27.1 Å². The normalized spacial score (nSPS) is 12.1. The van der Waals surface area contributed by atoms with Gasteiger partial charge in [-0.2, -0.15) is 0 Å². The van der Waals surface area contributed by atoms with E-state index in [1.165, 1.54) is 47.7 Å². The van der Waals surface area contributed by atoms with Gasteiger partial charge in [-0.05, 0) is 62.7 Å². The zero-order valence-electron chi connectivity index (χ0n) is 19.3. The molecule has 0 atom stereocenters. The van der Waals surface area contributed by atoms with E-state index in [9.17, 15) is 17.6 Å². The van der Waals surface area contributed by atoms with Gasteiger partial charge in [-0.3, -0.25) is 0 Å². The molecule has 0 unspecified atom stereocenters. The summed E-state index contributed by atoms with van der Waals surface area (Å²) >= 11 is 0. The maximum absolute atomic E-state index is 14.7. The molecule has 0 aliphatic rings. The highest BCUT2D eigenvalue weighted by Gasteiger charge is 2.26. The Bertz CT molecular complexity index is 1460. The number of nitrogens with zero attached hydrogens (tertiary/aromatic N) is 2. The molecule has 4 rings (SSSR count). The lowest BCUT2D eigenvalue weighted by molar-refractivity contribution is 0.0285. The minimum absolute atomic E-state index is 0.00446. The monoisotopic (exact) mass is 484 g/mol. The van der Waals surface area contributed by atoms with Crippen molar-refractivity contribution in [2.45, 2.75) is 37.8 Å². The molecule has 9 heteroatoms. The summed E-state index contributed by atoms with van der Waals surface area (Å²) in [6.45, 7) is 5.34. The highest BCUT2D eigenvalue weighted by Crippen LogP contribution is 2.31. The van der Waals surface area contributed by atoms with Crippen LogP contribution < -0.4 is 0 Å². The third-order valence-corrected chi connectivity index (χ3v) is 6.77. The lowest BCUT2D eigenvalue weighted by Gasteiger charge is -2.24. The molecule has 0 radical (unpaired) electrons. The number of hydrogen-bond donors (Lipinski definition) is 0. The van der Waals surface area contributed by atoms with Crippen molar-refractivity contribution in [3.8, 4) is 11.3 Å². The molecule has 0 N–H and O–H groups in total. The first-order chi connectivity index (χ1) is 16.0. The van der Waals surface area contributed by atoms with E-state index >= 15 is 0 Å². The summed E-state index contributed by atoms with van der Waals surface area (Å²) in [5.74, 6) is -0.564. The number of halogens is 1. The standard InChI is InChI=1S/C25H25FN2O5S/c1-25(2,3)33-24(29)27(4)15-17-13-22(20-7-5-6-8-21(20)26)28(16-17)34(30,31)19-10-9-18-11-12-32-23(18)14-19/h5-14,16H,15H2,1-4H3. The Hall–Kier alpha value is -3.59. The second-order valence-corrected chi connectivity index (χ2v) is 10.8. The second-order valence-electron chi connectivity index (χ2n) is 8.97. The number of amides is 1. The van der Waals surface area contributed by atoms with Gasteiger partial charge in [0, 0.05) is 30.3 Å². The van der Waals surface area contributed by atoms with Crippen molar-refractivity contribution in [2.24, 2.45) is 0 Å². The third kappa shape index (κ3) is 4.70. The number of carbonyl (C=O) groups excluding carboxylic acids is 1. The topological polar surface area (TPSA) is 81.8 Å². The van der Waals surface area contributed by atoms with Crippen LogP contribution in [0.4, 0.5) is 9.18 Å². The lowest BCUT2D eigenvalue weighted by atomic mass is 10.1. The van der Waals surface area contributed by atoms with E-state index in [0.29, 0.717) is 11.1 Å². The zero-order valence-corrected chi connectivity index (χ0v) is 20.1. The van der Waals surface area contributed by atoms with Crippen LogP contribution in [0.15, 0.2) is 76.4 Å². The summed E-state index contributed by atoms with van der Waals surface area (Å²) in [5, 5.41) is 0.764. The van der Waals surface area contributed by atoms with Crippen LogP contribution >= 0.6 is 0 Å². The predicted octanol–water partition coefficient (Wildman–Crippen LogP) is 5.64. The molecule has 0 fully saturated rings. The van der Waals surface area contributed by atoms with Crippen LogP contribution in [0.1, 0.15) is 26.3 Å². The molecular weight excluding hydrogens is 459 g/mol. The smallest absolute Gasteiger partial charge is 0.410 e. The van der Waals surface area contributed by atoms with Gasteiger partial charge >= 0.3 is 6.09 Å². The van der Waals surface area contributed by atoms with Gasteiger partial charge in [0.05, 0.1) is 23.4 Å². The van der Waals surface area contributed by atoms with E-state index in [1.54, 1.807) is 52.1 Å². The molecule has 178 valence electrons. The van der Waals surface area contributed by atoms with Gasteiger partial charge in [-0.25, -0.2) is 21.6 Å². The third-order valence-electron chi connectivity index (χ3n) is 5.10. The minimum atomic E-state index is -4.11. The van der Waals surface area contributed by atoms with E-state index in [2.05, 4.69) is 0 Å². The average molecular weight is 485 g/mol. The summed E-state index contributed by atoms with van der Waals surface area (Å²) in [4.78, 5) is 13.7. The van der Waals surface area contributed by atoms with Crippen LogP contribution in [0, 0.1) is 5.82 Å². The van der Waals surface area contributed by atoms with E-state index in [-0.39, 0.29) is 22.7 Å². The van der Waals surface area contributed by atoms with Crippen LogP contribution in [0.5, 0.6) is 0 Å². The molecule has 2 heterocycles. The zero-order chi connectivity index (χ0) is 24.7. The van der Waals surface area contributed by atoms with Crippen molar-refractivity contribution in [2.75, 3.05) is 7.05 Å². The molecule has 0 saturated heterocycles. The van der Waals surface area contributed by atoms with E-state index in [1.807, 2.05) is 0 Å². The second kappa shape index (κ2) is 8.64. The van der Waals surface area contributed by atoms with Crippen LogP contribution in [-0.4, -0.2) is 36.0 Å². The van der Waals surface area contributed by atoms with Crippen LogP contribution in [-0.2, 0) is 21.3 Å². The van der Waals surface area contributed by atoms with Crippen molar-refractivity contribution in [1.82, 2.24) is 8.87 Å². The molecule has 0 saturated carbocycles. The number of rotatable bonds is 5. The van der Waals surface area contributed by atoms with Gasteiger partial charge in [-0.1, -0.05) is 12.1 Å². The molecular formula is C25H25FN2O5S. The van der Waals surface area contributed by atoms with Crippen LogP contribution in [0.25, 0.3) is 22.2 Å². The summed E-state index contributed by atoms with van der Waals surface area (Å²) in [6, 6.07) is 13.8. The summed E-state index contributed by atoms with van der Waals surface area (Å²) < 4.78 is 53.7. The largest absolute Gasteiger partial charge is 0.464 e. The van der Waals surface area contributed by atoms with Gasteiger partial charge in [0.1, 0.15) is 17.0 Å². The van der Waals surface area contributed by atoms with Gasteiger partial charge in [-0.15, -0.1) is 0 Å². The molecule has 0 spiro atoms. The summed E-state index contributed by atoms with van der Waals surface area (Å²) in [6.07, 6.45) is 2.31. The molecule has 1 amide bonds. The molecule has 2 aromatic carbocycles. The Labute approximate surface area is 197 Å². The fourth-order valence-electron chi connectivity index (χ4n) is 3.53. The molecule has 2 aromatic heterocycles. The van der Waals surface area contributed by atoms with Gasteiger partial charge in [0.15, 0.2) is 0 Å². The number of carbonyl (C=O) groups is 1. The van der Waals surface area contributed by atoms with Crippen molar-refractivity contribution in [3.63, 3.8) is 0 Å². The maximum Gasteiger partial charge on any atom is 0.410 e. The molecule has 7 nitrogen and oxygen atoms in total. The van der Waals surface area contributed by atoms with E-state index < -0.39 is 27.5 Å². The number of fused-ring (bicyclic) bond motifs is 1. The quantitative estimate of drug-likeness (QED) is 0.366. The Morgan fingerprint density at radius 2 is 1.85 bits per heavy atom. The number of ether oxygens (including phenoxy) is 1. The Kier molecular flexibility index (Phi) is 5.99. The first kappa shape index (κ1) is 23.6. The molecule has 0 aliphatic heterocycles. The van der Waals surface area contributed by atoms with E-state index in [0.717, 1.165) is 9.36 Å². The number of hydrogen-bond acceptors (Lipinski definition) is 5. The first-order valence-corrected chi connectivity index (χ1v) is 12.0. The fraction of sp³-hybridized carbons (Fsp3) is 0.240. The minimum Gasteiger partial charge on any atom is -0.464 e. The number of aromatic nitrogens is 1. The molecule has 0 aliphatic carbocycles. The van der Waals surface area contributed by atoms with Crippen molar-refractivity contribution < 1.29 is 26.8 Å². The maximum atomic E-state index is 14.7. The van der Waals surface area contributed by atoms with Gasteiger partial charge in [0.2, 0.25) is 0 Å². The number of benzene rings is 2. The van der Waals surface area contributed by atoms with Crippen LogP contribution in [0.3, 0.4) is 0 Å². The molecule has 0 bridgehead atoms. The van der Waals surface area contributed by atoms with Crippen molar-refractivity contribution in [1.29, 1.82) is 0 Å². The van der Waals surface area contributed by atoms with Gasteiger partial charge in [0.25, 0.3) is 10.0 Å². The Balaban J connectivity index is 1.78. The fourth-order valence-corrected chi connectivity index (χ4v) is 4.94. The Morgan fingerprint density at radius 3 is 2.56 bits per heavy atom. The lowest BCUT2D eigenvalue weighted by Crippen LogP contribution is -2.33. The first-order valence-electron chi connectivity index (χ1n) is 10.6. The van der Waals surface area contributed by atoms with Gasteiger partial charge < -0.3 is 14.1 Å². The highest BCUT2D eigenvalue weighted by molar-refractivity contribution is 7.90.